The average Bonchev–Trinajstić information content (AvgIpc) is 3.45. The van der Waals surface area contributed by atoms with Crippen molar-refractivity contribution in [3.8, 4) is 0 Å². The van der Waals surface area contributed by atoms with Crippen LogP contribution in [-0.2, 0) is 9.59 Å². The Morgan fingerprint density at radius 2 is 1.96 bits per heavy atom. The summed E-state index contributed by atoms with van der Waals surface area (Å²) in [5, 5.41) is 5.09. The maximum absolute atomic E-state index is 13.2. The van der Waals surface area contributed by atoms with E-state index >= 15 is 0 Å². The first-order chi connectivity index (χ1) is 13.5. The third kappa shape index (κ3) is 3.45. The first-order valence-corrected chi connectivity index (χ1v) is 11.4. The van der Waals surface area contributed by atoms with Gasteiger partial charge in [0.05, 0.1) is 10.3 Å². The monoisotopic (exact) mass is 403 g/mol. The Hall–Kier alpha value is -1.89. The first kappa shape index (κ1) is 19.4. The molecule has 4 rings (SSSR count). The van der Waals surface area contributed by atoms with Gasteiger partial charge in [0.2, 0.25) is 11.8 Å². The number of hydrogen-bond donors (Lipinski definition) is 1. The molecule has 1 saturated carbocycles. The lowest BCUT2D eigenvalue weighted by molar-refractivity contribution is -0.141. The summed E-state index contributed by atoms with van der Waals surface area (Å²) >= 11 is 1.45. The van der Waals surface area contributed by atoms with Gasteiger partial charge >= 0.3 is 0 Å². The number of nitrogens with one attached hydrogen (secondary N) is 1. The van der Waals surface area contributed by atoms with Crippen LogP contribution in [0.2, 0.25) is 0 Å². The molecule has 1 spiro atoms. The van der Waals surface area contributed by atoms with E-state index < -0.39 is 5.41 Å². The maximum atomic E-state index is 13.2. The predicted octanol–water partition coefficient (Wildman–Crippen LogP) is 2.65. The zero-order valence-corrected chi connectivity index (χ0v) is 17.3. The van der Waals surface area contributed by atoms with Crippen molar-refractivity contribution in [3.05, 3.63) is 22.4 Å². The second-order valence-corrected chi connectivity index (χ2v) is 9.30. The van der Waals surface area contributed by atoms with Gasteiger partial charge < -0.3 is 15.1 Å². The van der Waals surface area contributed by atoms with E-state index in [0.717, 1.165) is 17.7 Å². The fourth-order valence-corrected chi connectivity index (χ4v) is 5.78. The first-order valence-electron chi connectivity index (χ1n) is 10.5. The maximum Gasteiger partial charge on any atom is 0.263 e. The molecule has 0 bridgehead atoms. The Balaban J connectivity index is 1.42. The lowest BCUT2D eigenvalue weighted by Crippen LogP contribution is -2.48. The number of hydrogen-bond acceptors (Lipinski definition) is 4. The molecule has 28 heavy (non-hydrogen) atoms. The summed E-state index contributed by atoms with van der Waals surface area (Å²) in [4.78, 5) is 43.1. The predicted molar refractivity (Wildman–Crippen MR) is 108 cm³/mol. The van der Waals surface area contributed by atoms with Crippen LogP contribution in [0.4, 0.5) is 0 Å². The third-order valence-electron chi connectivity index (χ3n) is 6.76. The van der Waals surface area contributed by atoms with Crippen molar-refractivity contribution in [2.45, 2.75) is 64.0 Å². The van der Waals surface area contributed by atoms with E-state index in [1.54, 1.807) is 4.90 Å². The summed E-state index contributed by atoms with van der Waals surface area (Å²) in [5.41, 5.74) is -0.486. The minimum atomic E-state index is -0.486. The molecular formula is C21H29N3O3S. The minimum Gasteiger partial charge on any atom is -0.352 e. The van der Waals surface area contributed by atoms with Gasteiger partial charge in [-0.3, -0.25) is 14.4 Å². The van der Waals surface area contributed by atoms with Crippen LogP contribution in [0.25, 0.3) is 0 Å². The van der Waals surface area contributed by atoms with E-state index in [0.29, 0.717) is 38.9 Å². The number of likely N-dealkylation sites (N-methyl/N-ethyl adjacent to an activating group) is 1. The van der Waals surface area contributed by atoms with Crippen LogP contribution in [0, 0.1) is 5.41 Å². The molecule has 1 aromatic heterocycles. The van der Waals surface area contributed by atoms with Gasteiger partial charge in [-0.05, 0) is 50.5 Å². The fraction of sp³-hybridized carbons (Fsp3) is 0.667. The van der Waals surface area contributed by atoms with Crippen LogP contribution < -0.4 is 5.32 Å². The standard InChI is InChI=1S/C21H29N3O3S/c1-2-24-16(18(25)22-15-6-3-4-7-15)14-21(20(24)27)9-11-23(12-10-21)19(26)17-8-5-13-28-17/h5,8,13,15-16H,2-4,6-7,9-12,14H2,1H3,(H,22,25). The van der Waals surface area contributed by atoms with E-state index in [1.165, 1.54) is 24.2 Å². The van der Waals surface area contributed by atoms with Crippen LogP contribution in [0.3, 0.4) is 0 Å². The molecular weight excluding hydrogens is 374 g/mol. The number of carbonyl (C=O) groups excluding carboxylic acids is 3. The zero-order chi connectivity index (χ0) is 19.7. The lowest BCUT2D eigenvalue weighted by Gasteiger charge is -2.37. The Morgan fingerprint density at radius 1 is 1.25 bits per heavy atom. The lowest BCUT2D eigenvalue weighted by atomic mass is 9.76. The highest BCUT2D eigenvalue weighted by atomic mass is 32.1. The summed E-state index contributed by atoms with van der Waals surface area (Å²) in [7, 11) is 0. The Morgan fingerprint density at radius 3 is 2.57 bits per heavy atom. The number of likely N-dealkylation sites (tertiary alicyclic amines) is 2. The molecule has 1 aliphatic carbocycles. The SMILES string of the molecule is CCN1C(=O)C2(CCN(C(=O)c3cccs3)CC2)CC1C(=O)NC1CCCC1. The highest BCUT2D eigenvalue weighted by molar-refractivity contribution is 7.12. The Kier molecular flexibility index (Phi) is 5.45. The molecule has 0 radical (unpaired) electrons. The van der Waals surface area contributed by atoms with Crippen molar-refractivity contribution >= 4 is 29.1 Å². The smallest absolute Gasteiger partial charge is 0.263 e. The van der Waals surface area contributed by atoms with E-state index in [1.807, 2.05) is 29.3 Å². The number of thiophene rings is 1. The second-order valence-electron chi connectivity index (χ2n) is 8.35. The summed E-state index contributed by atoms with van der Waals surface area (Å²) < 4.78 is 0. The molecule has 2 aliphatic heterocycles. The molecule has 6 nitrogen and oxygen atoms in total. The Labute approximate surface area is 170 Å². The average molecular weight is 404 g/mol. The molecule has 2 saturated heterocycles. The van der Waals surface area contributed by atoms with Gasteiger partial charge in [-0.2, -0.15) is 0 Å². The summed E-state index contributed by atoms with van der Waals surface area (Å²) in [5.74, 6) is 0.166. The van der Waals surface area contributed by atoms with Crippen LogP contribution in [0.5, 0.6) is 0 Å². The van der Waals surface area contributed by atoms with Gasteiger partial charge in [0.1, 0.15) is 6.04 Å². The molecule has 1 aromatic rings. The van der Waals surface area contributed by atoms with Gasteiger partial charge in [-0.15, -0.1) is 11.3 Å². The molecule has 1 unspecified atom stereocenters. The topological polar surface area (TPSA) is 69.7 Å². The number of piperidine rings is 1. The summed E-state index contributed by atoms with van der Waals surface area (Å²) in [6.07, 6.45) is 6.31. The van der Waals surface area contributed by atoms with Crippen molar-refractivity contribution in [1.29, 1.82) is 0 Å². The van der Waals surface area contributed by atoms with Gasteiger partial charge in [-0.1, -0.05) is 18.9 Å². The number of nitrogens with zero attached hydrogens (tertiary/aromatic N) is 2. The van der Waals surface area contributed by atoms with Crippen LogP contribution in [0.1, 0.15) is 61.5 Å². The quantitative estimate of drug-likeness (QED) is 0.840. The van der Waals surface area contributed by atoms with Crippen LogP contribution in [-0.4, -0.2) is 59.2 Å². The van der Waals surface area contributed by atoms with Gasteiger partial charge in [-0.25, -0.2) is 0 Å². The van der Waals surface area contributed by atoms with Gasteiger partial charge in [0.25, 0.3) is 5.91 Å². The van der Waals surface area contributed by atoms with Crippen LogP contribution in [0.15, 0.2) is 17.5 Å². The minimum absolute atomic E-state index is 0.0102. The Bertz CT molecular complexity index is 734. The molecule has 3 aliphatic rings. The molecule has 3 heterocycles. The summed E-state index contributed by atoms with van der Waals surface area (Å²) in [6, 6.07) is 3.64. The van der Waals surface area contributed by atoms with Crippen molar-refractivity contribution < 1.29 is 14.4 Å². The van der Waals surface area contributed by atoms with E-state index in [-0.39, 0.29) is 29.8 Å². The van der Waals surface area contributed by atoms with Crippen molar-refractivity contribution in [1.82, 2.24) is 15.1 Å². The number of rotatable bonds is 4. The van der Waals surface area contributed by atoms with Gasteiger partial charge in [0.15, 0.2) is 0 Å². The largest absolute Gasteiger partial charge is 0.352 e. The molecule has 7 heteroatoms. The zero-order valence-electron chi connectivity index (χ0n) is 16.5. The van der Waals surface area contributed by atoms with Crippen molar-refractivity contribution in [2.75, 3.05) is 19.6 Å². The molecule has 1 N–H and O–H groups in total. The highest BCUT2D eigenvalue weighted by Crippen LogP contribution is 2.44. The second kappa shape index (κ2) is 7.85. The number of carbonyl (C=O) groups is 3. The van der Waals surface area contributed by atoms with E-state index in [4.69, 9.17) is 0 Å². The van der Waals surface area contributed by atoms with Crippen LogP contribution >= 0.6 is 11.3 Å². The normalized spacial score (nSPS) is 24.9. The van der Waals surface area contributed by atoms with E-state index in [9.17, 15) is 14.4 Å². The van der Waals surface area contributed by atoms with E-state index in [2.05, 4.69) is 5.32 Å². The fourth-order valence-electron chi connectivity index (χ4n) is 5.09. The van der Waals surface area contributed by atoms with Crippen molar-refractivity contribution in [3.63, 3.8) is 0 Å². The molecule has 3 fully saturated rings. The molecule has 1 atom stereocenters. The third-order valence-corrected chi connectivity index (χ3v) is 7.62. The summed E-state index contributed by atoms with van der Waals surface area (Å²) in [6.45, 7) is 3.66. The van der Waals surface area contributed by atoms with Gasteiger partial charge in [0, 0.05) is 25.7 Å². The molecule has 3 amide bonds. The molecule has 152 valence electrons. The highest BCUT2D eigenvalue weighted by Gasteiger charge is 2.54. The molecule has 0 aromatic carbocycles. The van der Waals surface area contributed by atoms with Crippen molar-refractivity contribution in [2.24, 2.45) is 5.41 Å². The number of amides is 3.